The lowest BCUT2D eigenvalue weighted by Gasteiger charge is -2.30. The van der Waals surface area contributed by atoms with E-state index in [0.717, 1.165) is 12.3 Å². The molecule has 16 heavy (non-hydrogen) atoms. The van der Waals surface area contributed by atoms with Crippen LogP contribution in [0.5, 0.6) is 0 Å². The fraction of sp³-hybridized carbons (Fsp3) is 0.600. The monoisotopic (exact) mass is 215 g/mol. The Balaban J connectivity index is 1.92. The van der Waals surface area contributed by atoms with Gasteiger partial charge in [0, 0.05) is 5.54 Å². The topological polar surface area (TPSA) is 12.0 Å². The summed E-state index contributed by atoms with van der Waals surface area (Å²) in [5.74, 6) is 0.905. The Morgan fingerprint density at radius 2 is 2.00 bits per heavy atom. The standard InChI is InChI=1S/C15H21N/c1-2-12-4-6-13(7-5-12)15(14-8-9-14)10-3-11-16-15/h4-7,14,16H,2-3,8-11H2,1H3. The second-order valence-corrected chi connectivity index (χ2v) is 5.33. The zero-order chi connectivity index (χ0) is 11.0. The maximum atomic E-state index is 3.79. The van der Waals surface area contributed by atoms with Crippen LogP contribution >= 0.6 is 0 Å². The molecule has 3 rings (SSSR count). The Labute approximate surface area is 98.3 Å². The van der Waals surface area contributed by atoms with E-state index in [0.29, 0.717) is 5.54 Å². The molecule has 2 fully saturated rings. The van der Waals surface area contributed by atoms with Gasteiger partial charge in [0.1, 0.15) is 0 Å². The van der Waals surface area contributed by atoms with Crippen LogP contribution in [-0.4, -0.2) is 6.54 Å². The predicted octanol–water partition coefficient (Wildman–Crippen LogP) is 3.24. The van der Waals surface area contributed by atoms with Gasteiger partial charge in [-0.25, -0.2) is 0 Å². The Morgan fingerprint density at radius 1 is 1.25 bits per heavy atom. The Bertz CT molecular complexity index is 356. The molecule has 1 aliphatic carbocycles. The smallest absolute Gasteiger partial charge is 0.0463 e. The molecule has 2 aliphatic rings. The summed E-state index contributed by atoms with van der Waals surface area (Å²) in [6, 6.07) is 9.32. The molecule has 0 amide bonds. The normalized spacial score (nSPS) is 29.6. The zero-order valence-corrected chi connectivity index (χ0v) is 10.1. The van der Waals surface area contributed by atoms with Crippen molar-refractivity contribution < 1.29 is 0 Å². The van der Waals surface area contributed by atoms with Gasteiger partial charge in [-0.05, 0) is 55.7 Å². The molecule has 1 saturated heterocycles. The summed E-state index contributed by atoms with van der Waals surface area (Å²) < 4.78 is 0. The summed E-state index contributed by atoms with van der Waals surface area (Å²) in [7, 11) is 0. The second kappa shape index (κ2) is 3.89. The van der Waals surface area contributed by atoms with Crippen LogP contribution in [0.2, 0.25) is 0 Å². The fourth-order valence-electron chi connectivity index (χ4n) is 3.21. The first kappa shape index (κ1) is 10.3. The number of hydrogen-bond acceptors (Lipinski definition) is 1. The summed E-state index contributed by atoms with van der Waals surface area (Å²) >= 11 is 0. The molecule has 1 heterocycles. The molecule has 86 valence electrons. The van der Waals surface area contributed by atoms with Crippen LogP contribution in [0.4, 0.5) is 0 Å². The molecule has 0 radical (unpaired) electrons. The van der Waals surface area contributed by atoms with Crippen LogP contribution < -0.4 is 5.32 Å². The molecule has 1 aliphatic heterocycles. The van der Waals surface area contributed by atoms with Gasteiger partial charge in [0.15, 0.2) is 0 Å². The van der Waals surface area contributed by atoms with Crippen LogP contribution in [0.3, 0.4) is 0 Å². The number of benzene rings is 1. The molecule has 0 bridgehead atoms. The highest BCUT2D eigenvalue weighted by Gasteiger charge is 2.47. The van der Waals surface area contributed by atoms with E-state index in [-0.39, 0.29) is 0 Å². The number of nitrogens with one attached hydrogen (secondary N) is 1. The van der Waals surface area contributed by atoms with Crippen molar-refractivity contribution in [1.29, 1.82) is 0 Å². The van der Waals surface area contributed by atoms with Crippen molar-refractivity contribution in [2.24, 2.45) is 5.92 Å². The quantitative estimate of drug-likeness (QED) is 0.816. The Morgan fingerprint density at radius 3 is 2.50 bits per heavy atom. The molecule has 1 N–H and O–H groups in total. The molecule has 1 atom stereocenters. The highest BCUT2D eigenvalue weighted by Crippen LogP contribution is 2.50. The molecule has 1 unspecified atom stereocenters. The van der Waals surface area contributed by atoms with E-state index in [1.54, 1.807) is 0 Å². The van der Waals surface area contributed by atoms with Crippen molar-refractivity contribution in [2.45, 2.75) is 44.6 Å². The lowest BCUT2D eigenvalue weighted by Crippen LogP contribution is -2.38. The molecule has 1 saturated carbocycles. The molecule has 1 aromatic rings. The van der Waals surface area contributed by atoms with Crippen molar-refractivity contribution in [2.75, 3.05) is 6.54 Å². The van der Waals surface area contributed by atoms with Crippen molar-refractivity contribution in [3.05, 3.63) is 35.4 Å². The van der Waals surface area contributed by atoms with Crippen molar-refractivity contribution in [3.63, 3.8) is 0 Å². The minimum Gasteiger partial charge on any atom is -0.307 e. The van der Waals surface area contributed by atoms with Crippen LogP contribution in [0.1, 0.15) is 43.7 Å². The first-order valence-corrected chi connectivity index (χ1v) is 6.69. The molecular formula is C15H21N. The molecule has 1 aromatic carbocycles. The van der Waals surface area contributed by atoms with Crippen LogP contribution in [0, 0.1) is 5.92 Å². The van der Waals surface area contributed by atoms with Gasteiger partial charge in [-0.1, -0.05) is 31.2 Å². The Kier molecular flexibility index (Phi) is 2.51. The summed E-state index contributed by atoms with van der Waals surface area (Å²) in [6.07, 6.45) is 6.66. The first-order valence-electron chi connectivity index (χ1n) is 6.69. The maximum Gasteiger partial charge on any atom is 0.0463 e. The highest BCUT2D eigenvalue weighted by molar-refractivity contribution is 5.31. The minimum atomic E-state index is 0.340. The van der Waals surface area contributed by atoms with E-state index in [4.69, 9.17) is 0 Å². The summed E-state index contributed by atoms with van der Waals surface area (Å²) in [5, 5.41) is 3.79. The largest absolute Gasteiger partial charge is 0.307 e. The third-order valence-corrected chi connectivity index (χ3v) is 4.34. The van der Waals surface area contributed by atoms with Gasteiger partial charge >= 0.3 is 0 Å². The summed E-state index contributed by atoms with van der Waals surface area (Å²) in [5.41, 5.74) is 3.32. The molecule has 0 aromatic heterocycles. The van der Waals surface area contributed by atoms with Crippen LogP contribution in [0.15, 0.2) is 24.3 Å². The average Bonchev–Trinajstić information content (AvgIpc) is 3.09. The van der Waals surface area contributed by atoms with Crippen molar-refractivity contribution in [1.82, 2.24) is 5.32 Å². The molecule has 1 nitrogen and oxygen atoms in total. The second-order valence-electron chi connectivity index (χ2n) is 5.33. The number of hydrogen-bond donors (Lipinski definition) is 1. The van der Waals surface area contributed by atoms with Gasteiger partial charge in [0.2, 0.25) is 0 Å². The van der Waals surface area contributed by atoms with Gasteiger partial charge in [0.25, 0.3) is 0 Å². The average molecular weight is 215 g/mol. The first-order chi connectivity index (χ1) is 7.85. The summed E-state index contributed by atoms with van der Waals surface area (Å²) in [4.78, 5) is 0. The van der Waals surface area contributed by atoms with E-state index >= 15 is 0 Å². The van der Waals surface area contributed by atoms with Crippen molar-refractivity contribution >= 4 is 0 Å². The highest BCUT2D eigenvalue weighted by atomic mass is 15.0. The zero-order valence-electron chi connectivity index (χ0n) is 10.1. The predicted molar refractivity (Wildman–Crippen MR) is 67.5 cm³/mol. The number of rotatable bonds is 3. The molecular weight excluding hydrogens is 194 g/mol. The molecule has 0 spiro atoms. The lowest BCUT2D eigenvalue weighted by molar-refractivity contribution is 0.336. The van der Waals surface area contributed by atoms with Gasteiger partial charge in [0.05, 0.1) is 0 Å². The number of aryl methyl sites for hydroxylation is 1. The van der Waals surface area contributed by atoms with E-state index < -0.39 is 0 Å². The van der Waals surface area contributed by atoms with Crippen LogP contribution in [0.25, 0.3) is 0 Å². The lowest BCUT2D eigenvalue weighted by atomic mass is 9.83. The third kappa shape index (κ3) is 1.58. The van der Waals surface area contributed by atoms with Crippen molar-refractivity contribution in [3.8, 4) is 0 Å². The van der Waals surface area contributed by atoms with E-state index in [1.165, 1.54) is 43.4 Å². The molecule has 1 heteroatoms. The summed E-state index contributed by atoms with van der Waals surface area (Å²) in [6.45, 7) is 3.42. The third-order valence-electron chi connectivity index (χ3n) is 4.34. The van der Waals surface area contributed by atoms with Gasteiger partial charge in [-0.15, -0.1) is 0 Å². The van der Waals surface area contributed by atoms with E-state index in [1.807, 2.05) is 0 Å². The van der Waals surface area contributed by atoms with E-state index in [9.17, 15) is 0 Å². The van der Waals surface area contributed by atoms with Crippen LogP contribution in [-0.2, 0) is 12.0 Å². The fourth-order valence-corrected chi connectivity index (χ4v) is 3.21. The van der Waals surface area contributed by atoms with Gasteiger partial charge < -0.3 is 5.32 Å². The maximum absolute atomic E-state index is 3.79. The Hall–Kier alpha value is -0.820. The SMILES string of the molecule is CCc1ccc(C2(C3CC3)CCCN2)cc1. The van der Waals surface area contributed by atoms with Gasteiger partial charge in [-0.3, -0.25) is 0 Å². The minimum absolute atomic E-state index is 0.340. The van der Waals surface area contributed by atoms with E-state index in [2.05, 4.69) is 36.5 Å². The van der Waals surface area contributed by atoms with Gasteiger partial charge in [-0.2, -0.15) is 0 Å².